The number of ketones is 1. The molecule has 0 unspecified atom stereocenters. The first-order valence-corrected chi connectivity index (χ1v) is 10.4. The van der Waals surface area contributed by atoms with E-state index in [1.165, 1.54) is 24.4 Å². The van der Waals surface area contributed by atoms with Crippen LogP contribution in [0.4, 0.5) is 0 Å². The van der Waals surface area contributed by atoms with Crippen LogP contribution < -0.4 is 0 Å². The smallest absolute Gasteiger partial charge is 0.274 e. The Kier molecular flexibility index (Phi) is 4.09. The van der Waals surface area contributed by atoms with Gasteiger partial charge in [0, 0.05) is 30.5 Å². The summed E-state index contributed by atoms with van der Waals surface area (Å²) in [6, 6.07) is 17.4. The third-order valence-corrected chi connectivity index (χ3v) is 8.10. The molecule has 3 heteroatoms. The summed E-state index contributed by atoms with van der Waals surface area (Å²) in [5.74, 6) is 0.382. The molecule has 0 atom stereocenters. The van der Waals surface area contributed by atoms with Crippen molar-refractivity contribution in [2.24, 2.45) is 5.41 Å². The molecule has 1 nitrogen and oxygen atoms in total. The van der Waals surface area contributed by atoms with Crippen molar-refractivity contribution in [2.45, 2.75) is 40.4 Å². The Hall–Kier alpha value is -1.84. The zero-order valence-corrected chi connectivity index (χ0v) is 16.2. The third kappa shape index (κ3) is 2.96. The van der Waals surface area contributed by atoms with Gasteiger partial charge in [0.2, 0.25) is 0 Å². The van der Waals surface area contributed by atoms with Crippen LogP contribution in [0.25, 0.3) is 0 Å². The molecule has 1 heterocycles. The molecule has 0 amide bonds. The van der Waals surface area contributed by atoms with E-state index in [9.17, 15) is 4.79 Å². The van der Waals surface area contributed by atoms with Crippen molar-refractivity contribution in [1.29, 1.82) is 0 Å². The van der Waals surface area contributed by atoms with Gasteiger partial charge in [0.1, 0.15) is 0 Å². The van der Waals surface area contributed by atoms with Crippen LogP contribution in [0.3, 0.4) is 0 Å². The summed E-state index contributed by atoms with van der Waals surface area (Å²) in [5.41, 5.74) is 0.915. The van der Waals surface area contributed by atoms with Gasteiger partial charge in [-0.1, -0.05) is 56.8 Å². The van der Waals surface area contributed by atoms with Crippen LogP contribution in [0.5, 0.6) is 0 Å². The minimum absolute atomic E-state index is 0.0903. The van der Waals surface area contributed by atoms with E-state index in [0.29, 0.717) is 5.78 Å². The Morgan fingerprint density at radius 1 is 0.840 bits per heavy atom. The molecular formula is C22H21OS2+. The SMILES string of the molecule is CC(C)(C)C1=CC(=S2c3ccccc3Sc3ccccc32)C=CC1=[OH+]. The van der Waals surface area contributed by atoms with Gasteiger partial charge in [-0.05, 0) is 41.8 Å². The lowest BCUT2D eigenvalue weighted by Crippen LogP contribution is -2.21. The predicted molar refractivity (Wildman–Crippen MR) is 110 cm³/mol. The predicted octanol–water partition coefficient (Wildman–Crippen LogP) is 6.10. The minimum atomic E-state index is -0.143. The van der Waals surface area contributed by atoms with Gasteiger partial charge in [0.15, 0.2) is 0 Å². The van der Waals surface area contributed by atoms with Crippen molar-refractivity contribution < 1.29 is 4.79 Å². The monoisotopic (exact) mass is 365 g/mol. The second-order valence-electron chi connectivity index (χ2n) is 7.23. The first-order valence-electron chi connectivity index (χ1n) is 8.39. The number of allylic oxidation sites excluding steroid dienone is 4. The summed E-state index contributed by atoms with van der Waals surface area (Å²) in [4.78, 5) is 17.0. The highest BCUT2D eigenvalue weighted by Crippen LogP contribution is 2.53. The van der Waals surface area contributed by atoms with E-state index in [1.54, 1.807) is 0 Å². The lowest BCUT2D eigenvalue weighted by atomic mass is 9.81. The molecule has 2 aliphatic rings. The number of hydrogen-bond donors (Lipinski definition) is 0. The van der Waals surface area contributed by atoms with E-state index in [2.05, 4.69) is 81.5 Å². The molecular weight excluding hydrogens is 344 g/mol. The zero-order valence-electron chi connectivity index (χ0n) is 14.6. The molecule has 0 saturated carbocycles. The maximum atomic E-state index is 10.4. The summed E-state index contributed by atoms with van der Waals surface area (Å²) < 4.78 is 0. The second kappa shape index (κ2) is 6.15. The van der Waals surface area contributed by atoms with E-state index in [4.69, 9.17) is 0 Å². The molecule has 25 heavy (non-hydrogen) atoms. The van der Waals surface area contributed by atoms with E-state index < -0.39 is 0 Å². The summed E-state index contributed by atoms with van der Waals surface area (Å²) in [6.07, 6.45) is 6.13. The van der Waals surface area contributed by atoms with Crippen molar-refractivity contribution in [3.05, 3.63) is 72.3 Å². The van der Waals surface area contributed by atoms with E-state index in [-0.39, 0.29) is 15.9 Å². The molecule has 0 saturated heterocycles. The molecule has 0 radical (unpaired) electrons. The van der Waals surface area contributed by atoms with Gasteiger partial charge in [-0.15, -0.1) is 10.5 Å². The molecule has 0 bridgehead atoms. The van der Waals surface area contributed by atoms with E-state index in [0.717, 1.165) is 5.57 Å². The molecule has 1 N–H and O–H groups in total. The molecule has 0 fully saturated rings. The van der Waals surface area contributed by atoms with E-state index in [1.807, 2.05) is 17.8 Å². The number of hydrogen-bond acceptors (Lipinski definition) is 1. The maximum Gasteiger partial charge on any atom is 0.343 e. The van der Waals surface area contributed by atoms with Crippen LogP contribution in [0.15, 0.2) is 91.9 Å². The Balaban J connectivity index is 2.02. The highest BCUT2D eigenvalue weighted by atomic mass is 32.2. The van der Waals surface area contributed by atoms with Crippen molar-refractivity contribution >= 4 is 32.9 Å². The summed E-state index contributed by atoms with van der Waals surface area (Å²) in [7, 11) is -0.143. The Labute approximate surface area is 155 Å². The topological polar surface area (TPSA) is 21.4 Å². The maximum absolute atomic E-state index is 10.4. The number of fused-ring (bicyclic) bond motifs is 2. The summed E-state index contributed by atoms with van der Waals surface area (Å²) >= 11 is 1.85. The van der Waals surface area contributed by atoms with Gasteiger partial charge in [-0.3, -0.25) is 4.79 Å². The lowest BCUT2D eigenvalue weighted by Gasteiger charge is -2.26. The van der Waals surface area contributed by atoms with Crippen LogP contribution in [0.2, 0.25) is 0 Å². The number of rotatable bonds is 0. The fraction of sp³-hybridized carbons (Fsp3) is 0.182. The van der Waals surface area contributed by atoms with Crippen molar-refractivity contribution in [3.63, 3.8) is 0 Å². The molecule has 126 valence electrons. The van der Waals surface area contributed by atoms with Crippen molar-refractivity contribution in [2.75, 3.05) is 0 Å². The van der Waals surface area contributed by atoms with Crippen LogP contribution in [0.1, 0.15) is 20.8 Å². The van der Waals surface area contributed by atoms with Gasteiger partial charge in [-0.25, -0.2) is 0 Å². The number of benzene rings is 2. The second-order valence-corrected chi connectivity index (χ2v) is 10.3. The fourth-order valence-electron chi connectivity index (χ4n) is 3.14. The van der Waals surface area contributed by atoms with Gasteiger partial charge in [0.05, 0.1) is 5.57 Å². The average molecular weight is 366 g/mol. The first kappa shape index (κ1) is 16.6. The minimum Gasteiger partial charge on any atom is -0.274 e. The molecule has 0 aromatic heterocycles. The quantitative estimate of drug-likeness (QED) is 0.348. The number of carbonyl (C=O) groups excluding carboxylic acids is 1. The van der Waals surface area contributed by atoms with Crippen LogP contribution in [-0.2, 0) is 0 Å². The van der Waals surface area contributed by atoms with Crippen molar-refractivity contribution in [1.82, 2.24) is 0 Å². The van der Waals surface area contributed by atoms with Crippen LogP contribution >= 0.6 is 22.2 Å². The van der Waals surface area contributed by atoms with Crippen molar-refractivity contribution in [3.8, 4) is 0 Å². The average Bonchev–Trinajstić information content (AvgIpc) is 2.59. The van der Waals surface area contributed by atoms with Crippen LogP contribution in [0, 0.1) is 5.41 Å². The zero-order chi connectivity index (χ0) is 17.6. The van der Waals surface area contributed by atoms with Gasteiger partial charge >= 0.3 is 5.78 Å². The normalized spacial score (nSPS) is 17.2. The fourth-order valence-corrected chi connectivity index (χ4v) is 6.91. The summed E-state index contributed by atoms with van der Waals surface area (Å²) in [5, 5.41) is 0. The van der Waals surface area contributed by atoms with Gasteiger partial charge in [0.25, 0.3) is 0 Å². The Bertz CT molecular complexity index is 924. The molecule has 4 rings (SSSR count). The molecule has 0 spiro atoms. The highest BCUT2D eigenvalue weighted by molar-refractivity contribution is 8.18. The molecule has 2 aromatic carbocycles. The molecule has 1 aliphatic carbocycles. The standard InChI is InChI=1S/C22H20OS2/c1-22(2,3)16-14-15(12-13-17(16)23)25-20-10-6-4-8-18(20)24-19-9-5-7-11-21(19)25/h4-14H,1-3H3/p+1. The first-order chi connectivity index (χ1) is 11.9. The Morgan fingerprint density at radius 2 is 1.40 bits per heavy atom. The van der Waals surface area contributed by atoms with Crippen LogP contribution in [-0.4, -0.2) is 15.4 Å². The Morgan fingerprint density at radius 3 is 1.96 bits per heavy atom. The summed E-state index contributed by atoms with van der Waals surface area (Å²) in [6.45, 7) is 6.44. The third-order valence-electron chi connectivity index (χ3n) is 4.37. The molecule has 2 aromatic rings. The lowest BCUT2D eigenvalue weighted by molar-refractivity contribution is 0.514. The van der Waals surface area contributed by atoms with E-state index >= 15 is 0 Å². The van der Waals surface area contributed by atoms with Gasteiger partial charge < -0.3 is 0 Å². The highest BCUT2D eigenvalue weighted by Gasteiger charge is 2.30. The largest absolute Gasteiger partial charge is 0.343 e. The van der Waals surface area contributed by atoms with Gasteiger partial charge in [-0.2, -0.15) is 0 Å². The molecule has 1 aliphatic heterocycles.